The lowest BCUT2D eigenvalue weighted by molar-refractivity contribution is 0.862. The van der Waals surface area contributed by atoms with Gasteiger partial charge in [-0.15, -0.1) is 0 Å². The molecular weight excluding hydrogens is 298 g/mol. The van der Waals surface area contributed by atoms with E-state index in [1.54, 1.807) is 0 Å². The van der Waals surface area contributed by atoms with Crippen LogP contribution in [0.25, 0.3) is 0 Å². The molecule has 0 saturated heterocycles. The van der Waals surface area contributed by atoms with E-state index in [4.69, 9.17) is 0 Å². The van der Waals surface area contributed by atoms with E-state index in [1.165, 1.54) is 16.8 Å². The Labute approximate surface area is 124 Å². The summed E-state index contributed by atoms with van der Waals surface area (Å²) >= 11 is 3.46. The van der Waals surface area contributed by atoms with Crippen molar-refractivity contribution in [1.82, 2.24) is 0 Å². The van der Waals surface area contributed by atoms with E-state index in [1.807, 2.05) is 0 Å². The second-order valence-electron chi connectivity index (χ2n) is 5.19. The van der Waals surface area contributed by atoms with E-state index in [0.717, 1.165) is 4.47 Å². The average molecular weight is 318 g/mol. The summed E-state index contributed by atoms with van der Waals surface area (Å²) in [4.78, 5) is 0. The molecule has 0 radical (unpaired) electrons. The predicted octanol–water partition coefficient (Wildman–Crippen LogP) is 5.75. The molecule has 100 valence electrons. The van der Waals surface area contributed by atoms with Crippen molar-refractivity contribution < 1.29 is 0 Å². The minimum absolute atomic E-state index is 0.304. The zero-order valence-electron chi connectivity index (χ0n) is 11.7. The molecule has 0 heterocycles. The first kappa shape index (κ1) is 14.1. The standard InChI is InChI=1S/C17H20BrN/c1-12(2)14-6-10-17(11-7-14)19-13(3)15-4-8-16(18)9-5-15/h4-13,19H,1-3H3. The van der Waals surface area contributed by atoms with E-state index in [2.05, 4.69) is 90.5 Å². The summed E-state index contributed by atoms with van der Waals surface area (Å²) in [6.45, 7) is 6.61. The summed E-state index contributed by atoms with van der Waals surface area (Å²) in [6, 6.07) is 17.5. The quantitative estimate of drug-likeness (QED) is 0.757. The Bertz CT molecular complexity index is 514. The molecule has 0 amide bonds. The van der Waals surface area contributed by atoms with Crippen LogP contribution in [0.1, 0.15) is 43.9 Å². The molecule has 0 bridgehead atoms. The van der Waals surface area contributed by atoms with Crippen LogP contribution in [0, 0.1) is 0 Å². The lowest BCUT2D eigenvalue weighted by Gasteiger charge is -2.16. The molecule has 2 aromatic carbocycles. The van der Waals surface area contributed by atoms with Crippen molar-refractivity contribution >= 4 is 21.6 Å². The summed E-state index contributed by atoms with van der Waals surface area (Å²) in [5, 5.41) is 3.53. The van der Waals surface area contributed by atoms with E-state index in [0.29, 0.717) is 12.0 Å². The maximum atomic E-state index is 3.53. The Hall–Kier alpha value is -1.28. The van der Waals surface area contributed by atoms with Crippen molar-refractivity contribution in [2.45, 2.75) is 32.7 Å². The summed E-state index contributed by atoms with van der Waals surface area (Å²) < 4.78 is 1.12. The van der Waals surface area contributed by atoms with Gasteiger partial charge in [-0.3, -0.25) is 0 Å². The molecule has 2 rings (SSSR count). The maximum absolute atomic E-state index is 3.53. The normalized spacial score (nSPS) is 12.5. The molecule has 0 saturated carbocycles. The second kappa shape index (κ2) is 6.25. The lowest BCUT2D eigenvalue weighted by atomic mass is 10.0. The molecule has 0 aliphatic rings. The first-order valence-electron chi connectivity index (χ1n) is 6.68. The van der Waals surface area contributed by atoms with Crippen molar-refractivity contribution in [3.63, 3.8) is 0 Å². The maximum Gasteiger partial charge on any atom is 0.0485 e. The lowest BCUT2D eigenvalue weighted by Crippen LogP contribution is -2.06. The van der Waals surface area contributed by atoms with Gasteiger partial charge in [0.15, 0.2) is 0 Å². The van der Waals surface area contributed by atoms with Gasteiger partial charge in [-0.25, -0.2) is 0 Å². The van der Waals surface area contributed by atoms with Gasteiger partial charge >= 0.3 is 0 Å². The molecular formula is C17H20BrN. The van der Waals surface area contributed by atoms with Gasteiger partial charge in [-0.05, 0) is 48.2 Å². The van der Waals surface area contributed by atoms with Crippen LogP contribution in [-0.4, -0.2) is 0 Å². The summed E-state index contributed by atoms with van der Waals surface area (Å²) in [5.41, 5.74) is 3.83. The largest absolute Gasteiger partial charge is 0.379 e. The van der Waals surface area contributed by atoms with Gasteiger partial charge in [0.05, 0.1) is 0 Å². The molecule has 1 unspecified atom stereocenters. The Morgan fingerprint density at radius 1 is 0.789 bits per heavy atom. The fraction of sp³-hybridized carbons (Fsp3) is 0.294. The number of nitrogens with one attached hydrogen (secondary N) is 1. The van der Waals surface area contributed by atoms with Crippen LogP contribution in [0.5, 0.6) is 0 Å². The molecule has 2 aromatic rings. The predicted molar refractivity (Wildman–Crippen MR) is 86.7 cm³/mol. The first-order valence-corrected chi connectivity index (χ1v) is 7.47. The number of hydrogen-bond acceptors (Lipinski definition) is 1. The van der Waals surface area contributed by atoms with Gasteiger partial charge < -0.3 is 5.32 Å². The van der Waals surface area contributed by atoms with Crippen LogP contribution in [0.4, 0.5) is 5.69 Å². The van der Waals surface area contributed by atoms with Crippen LogP contribution in [0.2, 0.25) is 0 Å². The minimum Gasteiger partial charge on any atom is -0.379 e. The Balaban J connectivity index is 2.06. The van der Waals surface area contributed by atoms with Crippen LogP contribution in [0.3, 0.4) is 0 Å². The molecule has 0 aliphatic heterocycles. The smallest absolute Gasteiger partial charge is 0.0485 e. The molecule has 1 nitrogen and oxygen atoms in total. The number of anilines is 1. The summed E-state index contributed by atoms with van der Waals surface area (Å²) in [5.74, 6) is 0.581. The highest BCUT2D eigenvalue weighted by Crippen LogP contribution is 2.23. The van der Waals surface area contributed by atoms with E-state index < -0.39 is 0 Å². The molecule has 2 heteroatoms. The third-order valence-electron chi connectivity index (χ3n) is 3.33. The number of hydrogen-bond donors (Lipinski definition) is 1. The molecule has 0 aliphatic carbocycles. The third kappa shape index (κ3) is 3.84. The van der Waals surface area contributed by atoms with Crippen LogP contribution in [0.15, 0.2) is 53.0 Å². The SMILES string of the molecule is CC(C)c1ccc(NC(C)c2ccc(Br)cc2)cc1. The highest BCUT2D eigenvalue weighted by molar-refractivity contribution is 9.10. The Morgan fingerprint density at radius 2 is 1.32 bits per heavy atom. The monoisotopic (exact) mass is 317 g/mol. The van der Waals surface area contributed by atoms with E-state index in [-0.39, 0.29) is 0 Å². The van der Waals surface area contributed by atoms with Crippen molar-refractivity contribution in [2.24, 2.45) is 0 Å². The summed E-state index contributed by atoms with van der Waals surface area (Å²) in [7, 11) is 0. The zero-order chi connectivity index (χ0) is 13.8. The van der Waals surface area contributed by atoms with Crippen LogP contribution in [-0.2, 0) is 0 Å². The van der Waals surface area contributed by atoms with Gasteiger partial charge in [-0.1, -0.05) is 54.0 Å². The summed E-state index contributed by atoms with van der Waals surface area (Å²) in [6.07, 6.45) is 0. The Kier molecular flexibility index (Phi) is 4.65. The fourth-order valence-corrected chi connectivity index (χ4v) is 2.31. The van der Waals surface area contributed by atoms with Crippen LogP contribution < -0.4 is 5.32 Å². The highest BCUT2D eigenvalue weighted by atomic mass is 79.9. The van der Waals surface area contributed by atoms with Crippen molar-refractivity contribution in [3.05, 3.63) is 64.1 Å². The number of halogens is 1. The molecule has 0 fully saturated rings. The number of benzene rings is 2. The molecule has 19 heavy (non-hydrogen) atoms. The molecule has 0 aromatic heterocycles. The van der Waals surface area contributed by atoms with Gasteiger partial charge in [0.2, 0.25) is 0 Å². The Morgan fingerprint density at radius 3 is 1.84 bits per heavy atom. The molecule has 1 N–H and O–H groups in total. The van der Waals surface area contributed by atoms with Gasteiger partial charge in [-0.2, -0.15) is 0 Å². The third-order valence-corrected chi connectivity index (χ3v) is 3.86. The first-order chi connectivity index (χ1) is 9.06. The van der Waals surface area contributed by atoms with Gasteiger partial charge in [0, 0.05) is 16.2 Å². The fourth-order valence-electron chi connectivity index (χ4n) is 2.05. The second-order valence-corrected chi connectivity index (χ2v) is 6.11. The van der Waals surface area contributed by atoms with Gasteiger partial charge in [0.1, 0.15) is 0 Å². The van der Waals surface area contributed by atoms with Crippen LogP contribution >= 0.6 is 15.9 Å². The van der Waals surface area contributed by atoms with Crippen molar-refractivity contribution in [3.8, 4) is 0 Å². The molecule has 0 spiro atoms. The van der Waals surface area contributed by atoms with Crippen molar-refractivity contribution in [2.75, 3.05) is 5.32 Å². The average Bonchev–Trinajstić information content (AvgIpc) is 2.40. The van der Waals surface area contributed by atoms with E-state index >= 15 is 0 Å². The zero-order valence-corrected chi connectivity index (χ0v) is 13.2. The minimum atomic E-state index is 0.304. The number of rotatable bonds is 4. The highest BCUT2D eigenvalue weighted by Gasteiger charge is 2.05. The molecule has 1 atom stereocenters. The topological polar surface area (TPSA) is 12.0 Å². The van der Waals surface area contributed by atoms with Crippen molar-refractivity contribution in [1.29, 1.82) is 0 Å². The van der Waals surface area contributed by atoms with Gasteiger partial charge in [0.25, 0.3) is 0 Å². The van der Waals surface area contributed by atoms with E-state index in [9.17, 15) is 0 Å².